The van der Waals surface area contributed by atoms with Crippen molar-refractivity contribution in [3.8, 4) is 22.5 Å². The van der Waals surface area contributed by atoms with E-state index in [0.717, 1.165) is 63.1 Å². The van der Waals surface area contributed by atoms with E-state index in [2.05, 4.69) is 37.2 Å². The van der Waals surface area contributed by atoms with Gasteiger partial charge in [0.2, 0.25) is 0 Å². The van der Waals surface area contributed by atoms with Crippen molar-refractivity contribution < 1.29 is 8.78 Å². The van der Waals surface area contributed by atoms with Crippen LogP contribution in [0.4, 0.5) is 14.5 Å². The molecule has 35 heavy (non-hydrogen) atoms. The van der Waals surface area contributed by atoms with E-state index in [-0.39, 0.29) is 10.6 Å². The van der Waals surface area contributed by atoms with Crippen molar-refractivity contribution in [3.63, 3.8) is 0 Å². The molecule has 4 heterocycles. The molecule has 7 nitrogen and oxygen atoms in total. The van der Waals surface area contributed by atoms with Crippen LogP contribution in [0, 0.1) is 11.6 Å². The third-order valence-corrected chi connectivity index (χ3v) is 6.69. The number of benzene rings is 1. The lowest BCUT2D eigenvalue weighted by Gasteiger charge is -2.34. The van der Waals surface area contributed by atoms with Gasteiger partial charge in [0, 0.05) is 56.5 Å². The zero-order valence-electron chi connectivity index (χ0n) is 19.4. The van der Waals surface area contributed by atoms with Crippen LogP contribution in [-0.4, -0.2) is 75.8 Å². The quantitative estimate of drug-likeness (QED) is 0.362. The SMILES string of the molecule is CCN1CCN(CCNc2cnc3ccc(-c4cn[nH]c4-c4cc(Cl)c(F)cc4F)nc3c2)CC1. The molecule has 1 aliphatic heterocycles. The summed E-state index contributed by atoms with van der Waals surface area (Å²) in [5.41, 5.74) is 4.01. The van der Waals surface area contributed by atoms with Gasteiger partial charge < -0.3 is 10.2 Å². The number of piperazine rings is 1. The molecule has 0 saturated carbocycles. The first kappa shape index (κ1) is 23.6. The van der Waals surface area contributed by atoms with Crippen LogP contribution in [0.25, 0.3) is 33.5 Å². The van der Waals surface area contributed by atoms with E-state index in [1.165, 1.54) is 6.07 Å². The van der Waals surface area contributed by atoms with Crippen molar-refractivity contribution in [2.24, 2.45) is 0 Å². The molecule has 2 N–H and O–H groups in total. The summed E-state index contributed by atoms with van der Waals surface area (Å²) in [6.45, 7) is 9.50. The first-order valence-corrected chi connectivity index (χ1v) is 12.0. The Balaban J connectivity index is 1.33. The minimum Gasteiger partial charge on any atom is -0.382 e. The van der Waals surface area contributed by atoms with Crippen LogP contribution in [0.15, 0.2) is 42.7 Å². The van der Waals surface area contributed by atoms with E-state index in [4.69, 9.17) is 16.6 Å². The van der Waals surface area contributed by atoms with Gasteiger partial charge in [0.05, 0.1) is 45.5 Å². The van der Waals surface area contributed by atoms with Crippen LogP contribution in [0.2, 0.25) is 5.02 Å². The van der Waals surface area contributed by atoms with Gasteiger partial charge in [-0.3, -0.25) is 15.0 Å². The van der Waals surface area contributed by atoms with Gasteiger partial charge in [-0.2, -0.15) is 5.10 Å². The summed E-state index contributed by atoms with van der Waals surface area (Å²) < 4.78 is 28.1. The molecule has 0 bridgehead atoms. The molecule has 4 aromatic rings. The minimum atomic E-state index is -0.813. The Kier molecular flexibility index (Phi) is 6.90. The number of hydrogen-bond donors (Lipinski definition) is 2. The lowest BCUT2D eigenvalue weighted by molar-refractivity contribution is 0.141. The van der Waals surface area contributed by atoms with Gasteiger partial charge in [-0.25, -0.2) is 13.8 Å². The third-order valence-electron chi connectivity index (χ3n) is 6.40. The lowest BCUT2D eigenvalue weighted by Crippen LogP contribution is -2.47. The van der Waals surface area contributed by atoms with Gasteiger partial charge in [0.15, 0.2) is 0 Å². The molecule has 1 saturated heterocycles. The molecular formula is C25H26ClF2N7. The van der Waals surface area contributed by atoms with Crippen LogP contribution in [0.5, 0.6) is 0 Å². The molecule has 5 rings (SSSR count). The molecule has 0 amide bonds. The fourth-order valence-corrected chi connectivity index (χ4v) is 4.50. The summed E-state index contributed by atoms with van der Waals surface area (Å²) in [7, 11) is 0. The van der Waals surface area contributed by atoms with Crippen molar-refractivity contribution in [1.82, 2.24) is 30.0 Å². The number of likely N-dealkylation sites (N-methyl/N-ethyl adjacent to an activating group) is 1. The van der Waals surface area contributed by atoms with E-state index in [1.807, 2.05) is 12.1 Å². The molecule has 1 fully saturated rings. The monoisotopic (exact) mass is 497 g/mol. The molecule has 0 unspecified atom stereocenters. The van der Waals surface area contributed by atoms with Crippen molar-refractivity contribution in [2.45, 2.75) is 6.92 Å². The first-order chi connectivity index (χ1) is 17.0. The van der Waals surface area contributed by atoms with Crippen LogP contribution in [0.1, 0.15) is 6.92 Å². The fourth-order valence-electron chi connectivity index (χ4n) is 4.34. The highest BCUT2D eigenvalue weighted by Crippen LogP contribution is 2.34. The second-order valence-corrected chi connectivity index (χ2v) is 8.97. The highest BCUT2D eigenvalue weighted by atomic mass is 35.5. The maximum absolute atomic E-state index is 14.5. The van der Waals surface area contributed by atoms with Crippen LogP contribution in [-0.2, 0) is 0 Å². The minimum absolute atomic E-state index is 0.124. The van der Waals surface area contributed by atoms with Gasteiger partial charge in [0.1, 0.15) is 11.6 Å². The number of H-pyrrole nitrogens is 1. The number of aromatic nitrogens is 4. The van der Waals surface area contributed by atoms with E-state index in [1.54, 1.807) is 18.5 Å². The second-order valence-electron chi connectivity index (χ2n) is 8.57. The van der Waals surface area contributed by atoms with Gasteiger partial charge in [0.25, 0.3) is 0 Å². The number of halogens is 3. The number of rotatable bonds is 7. The summed E-state index contributed by atoms with van der Waals surface area (Å²) in [5.74, 6) is -1.55. The second kappa shape index (κ2) is 10.2. The number of hydrogen-bond acceptors (Lipinski definition) is 6. The number of pyridine rings is 2. The number of anilines is 1. The number of nitrogens with one attached hydrogen (secondary N) is 2. The summed E-state index contributed by atoms with van der Waals surface area (Å²) in [6, 6.07) is 7.63. The van der Waals surface area contributed by atoms with Crippen molar-refractivity contribution in [3.05, 3.63) is 59.4 Å². The van der Waals surface area contributed by atoms with E-state index < -0.39 is 11.6 Å². The Bertz CT molecular complexity index is 1330. The van der Waals surface area contributed by atoms with E-state index >= 15 is 0 Å². The molecule has 1 aliphatic rings. The molecule has 10 heteroatoms. The van der Waals surface area contributed by atoms with E-state index in [9.17, 15) is 8.78 Å². The van der Waals surface area contributed by atoms with Crippen LogP contribution in [0.3, 0.4) is 0 Å². The number of aromatic amines is 1. The Labute approximate surface area is 207 Å². The maximum atomic E-state index is 14.5. The average molecular weight is 498 g/mol. The largest absolute Gasteiger partial charge is 0.382 e. The maximum Gasteiger partial charge on any atom is 0.144 e. The van der Waals surface area contributed by atoms with Crippen molar-refractivity contribution >= 4 is 28.3 Å². The predicted octanol–water partition coefficient (Wildman–Crippen LogP) is 4.67. The van der Waals surface area contributed by atoms with Crippen LogP contribution < -0.4 is 5.32 Å². The van der Waals surface area contributed by atoms with Gasteiger partial charge in [-0.1, -0.05) is 18.5 Å². The molecule has 0 atom stereocenters. The summed E-state index contributed by atoms with van der Waals surface area (Å²) in [6.07, 6.45) is 3.37. The lowest BCUT2D eigenvalue weighted by atomic mass is 10.0. The average Bonchev–Trinajstić information content (AvgIpc) is 3.36. The van der Waals surface area contributed by atoms with Crippen LogP contribution >= 0.6 is 11.6 Å². The Hall–Kier alpha value is -3.14. The fraction of sp³-hybridized carbons (Fsp3) is 0.320. The normalized spacial score (nSPS) is 15.1. The Morgan fingerprint density at radius 3 is 2.57 bits per heavy atom. The first-order valence-electron chi connectivity index (χ1n) is 11.7. The van der Waals surface area contributed by atoms with E-state index in [0.29, 0.717) is 22.5 Å². The molecule has 3 aromatic heterocycles. The summed E-state index contributed by atoms with van der Waals surface area (Å²) in [4.78, 5) is 14.2. The van der Waals surface area contributed by atoms with Gasteiger partial charge in [-0.15, -0.1) is 0 Å². The highest BCUT2D eigenvalue weighted by molar-refractivity contribution is 6.31. The molecule has 0 aliphatic carbocycles. The number of nitrogens with zero attached hydrogens (tertiary/aromatic N) is 5. The number of fused-ring (bicyclic) bond motifs is 1. The Morgan fingerprint density at radius 1 is 0.971 bits per heavy atom. The van der Waals surface area contributed by atoms with Crippen molar-refractivity contribution in [2.75, 3.05) is 51.1 Å². The molecule has 1 aromatic carbocycles. The summed E-state index contributed by atoms with van der Waals surface area (Å²) in [5, 5.41) is 10.1. The topological polar surface area (TPSA) is 73.0 Å². The third kappa shape index (κ3) is 5.12. The zero-order valence-corrected chi connectivity index (χ0v) is 20.1. The zero-order chi connectivity index (χ0) is 24.4. The molecule has 182 valence electrons. The standard InChI is InChI=1S/C25H26ClF2N7/c1-2-34-7-9-35(10-8-34)6-5-29-16-11-24-23(30-14-16)4-3-22(32-24)18-15-31-33-25(18)17-12-19(26)21(28)13-20(17)27/h3-4,11-15,29H,2,5-10H2,1H3,(H,31,33). The highest BCUT2D eigenvalue weighted by Gasteiger charge is 2.18. The molecule has 0 radical (unpaired) electrons. The van der Waals surface area contributed by atoms with Gasteiger partial charge >= 0.3 is 0 Å². The Morgan fingerprint density at radius 2 is 1.77 bits per heavy atom. The summed E-state index contributed by atoms with van der Waals surface area (Å²) >= 11 is 5.89. The predicted molar refractivity (Wildman–Crippen MR) is 135 cm³/mol. The smallest absolute Gasteiger partial charge is 0.144 e. The van der Waals surface area contributed by atoms with Crippen molar-refractivity contribution in [1.29, 1.82) is 0 Å². The van der Waals surface area contributed by atoms with Gasteiger partial charge in [-0.05, 0) is 30.8 Å². The molecular weight excluding hydrogens is 472 g/mol. The molecule has 0 spiro atoms.